The molecule has 12 nitrogen and oxygen atoms in total. The van der Waals surface area contributed by atoms with Crippen molar-refractivity contribution in [3.05, 3.63) is 18.2 Å². The number of carbonyl (C=O) groups excluding carboxylic acids is 3. The maximum atomic E-state index is 12.5. The highest BCUT2D eigenvalue weighted by Crippen LogP contribution is 2.06. The second-order valence-electron chi connectivity index (χ2n) is 7.07. The number of carboxylic acid groups (broad SMARTS) is 1. The summed E-state index contributed by atoms with van der Waals surface area (Å²) in [5.41, 5.74) is 6.38. The fourth-order valence-corrected chi connectivity index (χ4v) is 2.47. The van der Waals surface area contributed by atoms with Crippen molar-refractivity contribution in [2.75, 3.05) is 6.61 Å². The van der Waals surface area contributed by atoms with E-state index in [0.717, 1.165) is 0 Å². The number of carbonyl (C=O) groups is 4. The Morgan fingerprint density at radius 3 is 2.23 bits per heavy atom. The zero-order valence-electron chi connectivity index (χ0n) is 17.2. The average Bonchev–Trinajstić information content (AvgIpc) is 3.22. The Bertz CT molecular complexity index is 725. The number of aliphatic hydroxyl groups is 1. The maximum absolute atomic E-state index is 12.5. The quantitative estimate of drug-likeness (QED) is 0.196. The summed E-state index contributed by atoms with van der Waals surface area (Å²) in [4.78, 5) is 54.9. The van der Waals surface area contributed by atoms with Crippen molar-refractivity contribution in [3.8, 4) is 0 Å². The molecule has 1 rings (SSSR count). The topological polar surface area (TPSA) is 200 Å². The zero-order chi connectivity index (χ0) is 22.8. The van der Waals surface area contributed by atoms with Gasteiger partial charge in [-0.2, -0.15) is 0 Å². The van der Waals surface area contributed by atoms with E-state index in [1.165, 1.54) is 19.4 Å². The van der Waals surface area contributed by atoms with Crippen LogP contribution in [0.1, 0.15) is 32.9 Å². The summed E-state index contributed by atoms with van der Waals surface area (Å²) in [5, 5.41) is 25.3. The minimum atomic E-state index is -1.52. The van der Waals surface area contributed by atoms with Crippen molar-refractivity contribution in [2.24, 2.45) is 11.7 Å². The Hall–Kier alpha value is -2.99. The molecule has 8 N–H and O–H groups in total. The van der Waals surface area contributed by atoms with Gasteiger partial charge in [0.1, 0.15) is 18.1 Å². The molecule has 12 heteroatoms. The fourth-order valence-electron chi connectivity index (χ4n) is 2.47. The van der Waals surface area contributed by atoms with Gasteiger partial charge in [0.15, 0.2) is 0 Å². The highest BCUT2D eigenvalue weighted by Gasteiger charge is 2.29. The average molecular weight is 426 g/mol. The highest BCUT2D eigenvalue weighted by atomic mass is 16.4. The Kier molecular flexibility index (Phi) is 9.92. The minimum absolute atomic E-state index is 0.0115. The van der Waals surface area contributed by atoms with Crippen LogP contribution in [0.25, 0.3) is 0 Å². The largest absolute Gasteiger partial charge is 0.480 e. The maximum Gasteiger partial charge on any atom is 0.328 e. The third-order valence-corrected chi connectivity index (χ3v) is 4.72. The Morgan fingerprint density at radius 1 is 1.10 bits per heavy atom. The number of nitrogens with one attached hydrogen (secondary N) is 4. The molecular weight excluding hydrogens is 396 g/mol. The van der Waals surface area contributed by atoms with Crippen LogP contribution < -0.4 is 21.7 Å². The van der Waals surface area contributed by atoms with Crippen LogP contribution in [0.4, 0.5) is 0 Å². The van der Waals surface area contributed by atoms with E-state index in [1.54, 1.807) is 0 Å². The van der Waals surface area contributed by atoms with Gasteiger partial charge < -0.3 is 36.9 Å². The molecule has 0 saturated carbocycles. The summed E-state index contributed by atoms with van der Waals surface area (Å²) < 4.78 is 0. The van der Waals surface area contributed by atoms with Gasteiger partial charge in [-0.15, -0.1) is 0 Å². The first-order valence-electron chi connectivity index (χ1n) is 9.58. The number of aliphatic carboxylic acids is 1. The van der Waals surface area contributed by atoms with E-state index in [0.29, 0.717) is 12.1 Å². The molecular formula is C18H30N6O6. The molecule has 1 aromatic heterocycles. The lowest BCUT2D eigenvalue weighted by Gasteiger charge is -2.24. The number of aromatic nitrogens is 2. The Labute approximate surface area is 174 Å². The van der Waals surface area contributed by atoms with Crippen LogP contribution in [0.5, 0.6) is 0 Å². The molecule has 1 aromatic rings. The number of rotatable bonds is 12. The molecule has 0 aliphatic carbocycles. The van der Waals surface area contributed by atoms with Gasteiger partial charge in [-0.1, -0.05) is 20.3 Å². The standard InChI is InChI=1S/C18H30N6O6/c1-4-9(2)14(19)17(28)22-10(3)15(26)23-12(5-11-6-20-8-21-11)16(27)24-13(7-25)18(29)30/h6,8-10,12-14,25H,4-5,7,19H2,1-3H3,(H,20,21)(H,22,28)(H,23,26)(H,24,27)(H,29,30). The first kappa shape index (κ1) is 25.0. The number of imidazole rings is 1. The van der Waals surface area contributed by atoms with Gasteiger partial charge in [0.05, 0.1) is 19.0 Å². The van der Waals surface area contributed by atoms with Gasteiger partial charge >= 0.3 is 5.97 Å². The zero-order valence-corrected chi connectivity index (χ0v) is 17.2. The van der Waals surface area contributed by atoms with Crippen LogP contribution in [0.15, 0.2) is 12.5 Å². The molecule has 3 amide bonds. The molecule has 0 bridgehead atoms. The molecule has 0 aliphatic rings. The summed E-state index contributed by atoms with van der Waals surface area (Å²) in [6, 6.07) is -4.47. The normalized spacial score (nSPS) is 15.9. The summed E-state index contributed by atoms with van der Waals surface area (Å²) in [6.45, 7) is 4.34. The molecule has 0 spiro atoms. The molecule has 0 fully saturated rings. The lowest BCUT2D eigenvalue weighted by atomic mass is 9.99. The van der Waals surface area contributed by atoms with Crippen molar-refractivity contribution >= 4 is 23.7 Å². The smallest absolute Gasteiger partial charge is 0.328 e. The van der Waals surface area contributed by atoms with Crippen molar-refractivity contribution in [2.45, 2.75) is 57.8 Å². The number of hydrogen-bond donors (Lipinski definition) is 7. The fraction of sp³-hybridized carbons (Fsp3) is 0.611. The second-order valence-corrected chi connectivity index (χ2v) is 7.07. The molecule has 30 heavy (non-hydrogen) atoms. The number of H-pyrrole nitrogens is 1. The first-order chi connectivity index (χ1) is 14.1. The number of carboxylic acids is 1. The van der Waals surface area contributed by atoms with E-state index >= 15 is 0 Å². The number of aliphatic hydroxyl groups excluding tert-OH is 1. The van der Waals surface area contributed by atoms with E-state index in [4.69, 9.17) is 15.9 Å². The number of nitrogens with zero attached hydrogens (tertiary/aromatic N) is 1. The predicted octanol–water partition coefficient (Wildman–Crippen LogP) is -2.12. The first-order valence-corrected chi connectivity index (χ1v) is 9.58. The molecule has 0 aromatic carbocycles. The lowest BCUT2D eigenvalue weighted by Crippen LogP contribution is -2.57. The lowest BCUT2D eigenvalue weighted by molar-refractivity contribution is -0.143. The molecule has 0 saturated heterocycles. The number of aromatic amines is 1. The SMILES string of the molecule is CCC(C)C(N)C(=O)NC(C)C(=O)NC(Cc1cnc[nH]1)C(=O)NC(CO)C(=O)O. The van der Waals surface area contributed by atoms with Crippen LogP contribution >= 0.6 is 0 Å². The Morgan fingerprint density at radius 2 is 1.73 bits per heavy atom. The van der Waals surface area contributed by atoms with Crippen molar-refractivity contribution in [3.63, 3.8) is 0 Å². The van der Waals surface area contributed by atoms with Crippen molar-refractivity contribution < 1.29 is 29.4 Å². The van der Waals surface area contributed by atoms with Gasteiger partial charge in [-0.25, -0.2) is 9.78 Å². The van der Waals surface area contributed by atoms with E-state index in [2.05, 4.69) is 25.9 Å². The molecule has 1 heterocycles. The molecule has 5 unspecified atom stereocenters. The highest BCUT2D eigenvalue weighted by molar-refractivity contribution is 5.94. The van der Waals surface area contributed by atoms with Gasteiger partial charge in [-0.3, -0.25) is 14.4 Å². The molecule has 5 atom stereocenters. The third kappa shape index (κ3) is 7.44. The summed E-state index contributed by atoms with van der Waals surface area (Å²) >= 11 is 0. The third-order valence-electron chi connectivity index (χ3n) is 4.72. The molecule has 168 valence electrons. The van der Waals surface area contributed by atoms with Gasteiger partial charge in [0, 0.05) is 18.3 Å². The van der Waals surface area contributed by atoms with E-state index in [1.807, 2.05) is 13.8 Å². The van der Waals surface area contributed by atoms with Gasteiger partial charge in [0.25, 0.3) is 0 Å². The van der Waals surface area contributed by atoms with Crippen LogP contribution in [0.2, 0.25) is 0 Å². The van der Waals surface area contributed by atoms with E-state index in [-0.39, 0.29) is 12.3 Å². The van der Waals surface area contributed by atoms with Crippen LogP contribution in [0, 0.1) is 5.92 Å². The molecule has 0 radical (unpaired) electrons. The minimum Gasteiger partial charge on any atom is -0.480 e. The van der Waals surface area contributed by atoms with Gasteiger partial charge in [-0.05, 0) is 12.8 Å². The van der Waals surface area contributed by atoms with Crippen LogP contribution in [-0.4, -0.2) is 74.6 Å². The monoisotopic (exact) mass is 426 g/mol. The van der Waals surface area contributed by atoms with E-state index < -0.39 is 54.5 Å². The predicted molar refractivity (Wildman–Crippen MR) is 106 cm³/mol. The molecule has 0 aliphatic heterocycles. The summed E-state index contributed by atoms with van der Waals surface area (Å²) in [6.07, 6.45) is 3.52. The van der Waals surface area contributed by atoms with E-state index in [9.17, 15) is 19.2 Å². The number of nitrogens with two attached hydrogens (primary N) is 1. The summed E-state index contributed by atoms with van der Waals surface area (Å²) in [5.74, 6) is -3.46. The summed E-state index contributed by atoms with van der Waals surface area (Å²) in [7, 11) is 0. The van der Waals surface area contributed by atoms with Gasteiger partial charge in [0.2, 0.25) is 17.7 Å². The van der Waals surface area contributed by atoms with Crippen LogP contribution in [0.3, 0.4) is 0 Å². The van der Waals surface area contributed by atoms with Crippen molar-refractivity contribution in [1.82, 2.24) is 25.9 Å². The van der Waals surface area contributed by atoms with Crippen molar-refractivity contribution in [1.29, 1.82) is 0 Å². The number of hydrogen-bond acceptors (Lipinski definition) is 7. The number of amides is 3. The van der Waals surface area contributed by atoms with Crippen LogP contribution in [-0.2, 0) is 25.6 Å². The second kappa shape index (κ2) is 11.9. The Balaban J connectivity index is 2.84.